The van der Waals surface area contributed by atoms with Crippen molar-refractivity contribution in [3.05, 3.63) is 54.4 Å². The van der Waals surface area contributed by atoms with Crippen LogP contribution in [0.15, 0.2) is 43.2 Å². The molecule has 1 aliphatic heterocycles. The number of thioether (sulfide) groups is 1. The topological polar surface area (TPSA) is 71.6 Å². The Balaban J connectivity index is 1.80. The van der Waals surface area contributed by atoms with E-state index in [0.717, 1.165) is 17.1 Å². The number of hydrogen-bond donors (Lipinski definition) is 1. The predicted molar refractivity (Wildman–Crippen MR) is 126 cm³/mol. The van der Waals surface area contributed by atoms with Crippen molar-refractivity contribution in [2.24, 2.45) is 0 Å². The lowest BCUT2D eigenvalue weighted by atomic mass is 9.87. The van der Waals surface area contributed by atoms with Gasteiger partial charge in [0, 0.05) is 35.0 Å². The first-order valence-corrected chi connectivity index (χ1v) is 11.5. The van der Waals surface area contributed by atoms with Crippen LogP contribution in [0.3, 0.4) is 0 Å². The van der Waals surface area contributed by atoms with Crippen LogP contribution in [-0.2, 0) is 5.41 Å². The van der Waals surface area contributed by atoms with Crippen LogP contribution in [-0.4, -0.2) is 40.7 Å². The molecule has 172 valence electrons. The van der Waals surface area contributed by atoms with Gasteiger partial charge in [-0.05, 0) is 43.7 Å². The minimum atomic E-state index is -3.01. The molecule has 0 aliphatic carbocycles. The number of rotatable bonds is 8. The van der Waals surface area contributed by atoms with Crippen LogP contribution in [0.25, 0.3) is 22.6 Å². The number of aromatic nitrogens is 2. The van der Waals surface area contributed by atoms with E-state index in [4.69, 9.17) is 9.47 Å². The number of nitriles is 1. The fourth-order valence-electron chi connectivity index (χ4n) is 3.67. The minimum Gasteiger partial charge on any atom is -0.496 e. The third-order valence-corrected chi connectivity index (χ3v) is 6.91. The second-order valence-electron chi connectivity index (χ2n) is 8.31. The Morgan fingerprint density at radius 2 is 2.06 bits per heavy atom. The van der Waals surface area contributed by atoms with Gasteiger partial charge in [0.25, 0.3) is 0 Å². The molecule has 1 aromatic carbocycles. The second-order valence-corrected chi connectivity index (χ2v) is 9.39. The lowest BCUT2D eigenvalue weighted by Crippen LogP contribution is -2.39. The van der Waals surface area contributed by atoms with Crippen molar-refractivity contribution in [2.45, 2.75) is 31.9 Å². The molecule has 6 nitrogen and oxygen atoms in total. The number of halogens is 2. The number of imidazole rings is 1. The van der Waals surface area contributed by atoms with E-state index in [2.05, 4.69) is 22.9 Å². The van der Waals surface area contributed by atoms with E-state index in [-0.39, 0.29) is 11.8 Å². The molecule has 9 heteroatoms. The molecule has 0 atom stereocenters. The van der Waals surface area contributed by atoms with Crippen LogP contribution < -0.4 is 14.8 Å². The molecule has 0 spiro atoms. The van der Waals surface area contributed by atoms with Gasteiger partial charge < -0.3 is 14.8 Å². The van der Waals surface area contributed by atoms with Gasteiger partial charge >= 0.3 is 6.61 Å². The molecule has 3 heterocycles. The van der Waals surface area contributed by atoms with Gasteiger partial charge in [0.15, 0.2) is 0 Å². The average Bonchev–Trinajstić information content (AvgIpc) is 3.18. The summed E-state index contributed by atoms with van der Waals surface area (Å²) in [7, 11) is 1.48. The zero-order valence-electron chi connectivity index (χ0n) is 18.6. The van der Waals surface area contributed by atoms with Gasteiger partial charge in [0.1, 0.15) is 17.1 Å². The Kier molecular flexibility index (Phi) is 6.21. The van der Waals surface area contributed by atoms with E-state index in [0.29, 0.717) is 33.9 Å². The van der Waals surface area contributed by atoms with E-state index < -0.39 is 12.0 Å². The Labute approximate surface area is 195 Å². The highest BCUT2D eigenvalue weighted by molar-refractivity contribution is 8.00. The maximum absolute atomic E-state index is 13.3. The first-order chi connectivity index (χ1) is 15.7. The monoisotopic (exact) mass is 470 g/mol. The molecule has 1 fully saturated rings. The highest BCUT2D eigenvalue weighted by Gasteiger charge is 2.25. The third kappa shape index (κ3) is 4.48. The summed E-state index contributed by atoms with van der Waals surface area (Å²) < 4.78 is 38.9. The van der Waals surface area contributed by atoms with Crippen molar-refractivity contribution in [3.63, 3.8) is 0 Å². The quantitative estimate of drug-likeness (QED) is 0.495. The molecule has 0 saturated carbocycles. The van der Waals surface area contributed by atoms with Crippen LogP contribution in [0, 0.1) is 11.3 Å². The number of nitrogens with one attached hydrogen (secondary N) is 1. The zero-order chi connectivity index (χ0) is 23.8. The fourth-order valence-corrected chi connectivity index (χ4v) is 4.31. The number of methoxy groups -OCH3 is 1. The largest absolute Gasteiger partial charge is 0.496 e. The maximum Gasteiger partial charge on any atom is 0.387 e. The Hall–Kier alpha value is -3.25. The summed E-state index contributed by atoms with van der Waals surface area (Å²) in [6.45, 7) is 4.70. The summed E-state index contributed by atoms with van der Waals surface area (Å²) in [6, 6.07) is 9.52. The van der Waals surface area contributed by atoms with Crippen molar-refractivity contribution in [2.75, 3.05) is 18.6 Å². The standard InChI is InChI=1S/C24H24F2N4O2S/c1-14(29-17-11-33-12-17)22-19(31-4)7-15(8-20(22)32-23(25)26)18-10-28-21-9-16(5-6-30(18)21)24(2,3)13-27/h5-10,17,23,29H,1,11-12H2,2-4H3. The number of nitrogens with zero attached hydrogens (tertiary/aromatic N) is 3. The fraction of sp³-hybridized carbons (Fsp3) is 0.333. The van der Waals surface area contributed by atoms with E-state index in [9.17, 15) is 14.0 Å². The van der Waals surface area contributed by atoms with Crippen LogP contribution in [0.5, 0.6) is 11.5 Å². The average molecular weight is 471 g/mol. The highest BCUT2D eigenvalue weighted by atomic mass is 32.2. The number of fused-ring (bicyclic) bond motifs is 1. The van der Waals surface area contributed by atoms with Gasteiger partial charge in [-0.2, -0.15) is 25.8 Å². The van der Waals surface area contributed by atoms with Gasteiger partial charge in [-0.3, -0.25) is 4.40 Å². The smallest absolute Gasteiger partial charge is 0.387 e. The SMILES string of the molecule is C=C(NC1CSC1)c1c(OC)cc(-c2cnc3cc(C(C)(C)C#N)ccn23)cc1OC(F)F. The first-order valence-electron chi connectivity index (χ1n) is 10.3. The van der Waals surface area contributed by atoms with Gasteiger partial charge in [0.05, 0.1) is 36.0 Å². The lowest BCUT2D eigenvalue weighted by Gasteiger charge is -2.29. The van der Waals surface area contributed by atoms with E-state index in [1.54, 1.807) is 30.1 Å². The van der Waals surface area contributed by atoms with Crippen molar-refractivity contribution >= 4 is 23.1 Å². The molecule has 1 N–H and O–H groups in total. The predicted octanol–water partition coefficient (Wildman–Crippen LogP) is 5.09. The number of hydrogen-bond acceptors (Lipinski definition) is 6. The third-order valence-electron chi connectivity index (χ3n) is 5.63. The number of pyridine rings is 1. The van der Waals surface area contributed by atoms with Gasteiger partial charge in [-0.1, -0.05) is 6.58 Å². The summed E-state index contributed by atoms with van der Waals surface area (Å²) in [5.41, 5.74) is 2.91. The molecule has 1 aliphatic rings. The normalized spacial score (nSPS) is 14.1. The van der Waals surface area contributed by atoms with Crippen molar-refractivity contribution in [3.8, 4) is 28.8 Å². The van der Waals surface area contributed by atoms with Gasteiger partial charge in [-0.25, -0.2) is 4.98 Å². The molecular weight excluding hydrogens is 446 g/mol. The van der Waals surface area contributed by atoms with E-state index >= 15 is 0 Å². The Bertz CT molecular complexity index is 1250. The Morgan fingerprint density at radius 1 is 1.33 bits per heavy atom. The summed E-state index contributed by atoms with van der Waals surface area (Å²) >= 11 is 1.80. The van der Waals surface area contributed by atoms with Crippen molar-refractivity contribution < 1.29 is 18.3 Å². The van der Waals surface area contributed by atoms with E-state index in [1.165, 1.54) is 7.11 Å². The molecule has 0 unspecified atom stereocenters. The molecular formula is C24H24F2N4O2S. The Morgan fingerprint density at radius 3 is 2.67 bits per heavy atom. The van der Waals surface area contributed by atoms with Crippen molar-refractivity contribution in [1.82, 2.24) is 14.7 Å². The molecule has 2 aromatic heterocycles. The maximum atomic E-state index is 13.3. The first kappa shape index (κ1) is 22.9. The molecule has 0 radical (unpaired) electrons. The number of alkyl halides is 2. The molecule has 4 rings (SSSR count). The lowest BCUT2D eigenvalue weighted by molar-refractivity contribution is -0.0501. The van der Waals surface area contributed by atoms with Crippen molar-refractivity contribution in [1.29, 1.82) is 5.26 Å². The molecule has 33 heavy (non-hydrogen) atoms. The molecule has 3 aromatic rings. The molecule has 0 bridgehead atoms. The highest BCUT2D eigenvalue weighted by Crippen LogP contribution is 2.40. The van der Waals surface area contributed by atoms with Gasteiger partial charge in [-0.15, -0.1) is 0 Å². The molecule has 0 amide bonds. The number of benzene rings is 1. The summed E-state index contributed by atoms with van der Waals surface area (Å²) in [5.74, 6) is 2.19. The summed E-state index contributed by atoms with van der Waals surface area (Å²) in [5, 5.41) is 12.7. The minimum absolute atomic E-state index is 0.0268. The summed E-state index contributed by atoms with van der Waals surface area (Å²) in [6.07, 6.45) is 3.46. The zero-order valence-corrected chi connectivity index (χ0v) is 19.4. The van der Waals surface area contributed by atoms with Crippen LogP contribution in [0.2, 0.25) is 0 Å². The summed E-state index contributed by atoms with van der Waals surface area (Å²) in [4.78, 5) is 4.46. The molecule has 1 saturated heterocycles. The van der Waals surface area contributed by atoms with Crippen LogP contribution in [0.4, 0.5) is 8.78 Å². The van der Waals surface area contributed by atoms with E-state index in [1.807, 2.05) is 36.6 Å². The number of ether oxygens (including phenoxy) is 2. The van der Waals surface area contributed by atoms with Gasteiger partial charge in [0.2, 0.25) is 0 Å². The van der Waals surface area contributed by atoms with Crippen LogP contribution in [0.1, 0.15) is 25.0 Å². The second kappa shape index (κ2) is 8.94. The van der Waals surface area contributed by atoms with Crippen LogP contribution >= 0.6 is 11.8 Å².